The van der Waals surface area contributed by atoms with Crippen LogP contribution in [-0.2, 0) is 0 Å². The summed E-state index contributed by atoms with van der Waals surface area (Å²) in [6.07, 6.45) is -1.14. The van der Waals surface area contributed by atoms with Crippen LogP contribution in [0, 0.1) is 0 Å². The third kappa shape index (κ3) is 2.06. The van der Waals surface area contributed by atoms with Crippen molar-refractivity contribution in [3.05, 3.63) is 65.7 Å². The molecule has 2 heteroatoms. The van der Waals surface area contributed by atoms with Crippen LogP contribution in [0.4, 0.5) is 4.39 Å². The molecule has 0 heterocycles. The first-order chi connectivity index (χ1) is 7.83. The van der Waals surface area contributed by atoms with E-state index in [1.807, 2.05) is 30.3 Å². The Morgan fingerprint density at radius 1 is 0.938 bits per heavy atom. The fourth-order valence-corrected chi connectivity index (χ4v) is 1.68. The molecule has 0 N–H and O–H groups in total. The molecule has 0 aliphatic rings. The summed E-state index contributed by atoms with van der Waals surface area (Å²) in [4.78, 5) is 0. The molecule has 1 atom stereocenters. The normalized spacial score (nSPS) is 12.1. The Labute approximate surface area is 94.5 Å². The first-order valence-electron chi connectivity index (χ1n) is 5.15. The predicted octanol–water partition coefficient (Wildman–Crippen LogP) is 3.75. The number of methoxy groups -OCH3 is 1. The highest BCUT2D eigenvalue weighted by atomic mass is 19.1. The van der Waals surface area contributed by atoms with Crippen LogP contribution >= 0.6 is 0 Å². The molecule has 1 nitrogen and oxygen atoms in total. The van der Waals surface area contributed by atoms with Crippen LogP contribution in [0.25, 0.3) is 0 Å². The lowest BCUT2D eigenvalue weighted by atomic mass is 10.0. The van der Waals surface area contributed by atoms with E-state index in [0.717, 1.165) is 0 Å². The van der Waals surface area contributed by atoms with Crippen LogP contribution in [0.5, 0.6) is 5.75 Å². The van der Waals surface area contributed by atoms with Crippen LogP contribution in [0.1, 0.15) is 17.3 Å². The van der Waals surface area contributed by atoms with Crippen molar-refractivity contribution in [2.75, 3.05) is 7.11 Å². The van der Waals surface area contributed by atoms with E-state index < -0.39 is 6.17 Å². The maximum absolute atomic E-state index is 14.2. The standard InChI is InChI=1S/C14H13FO/c1-16-13-10-6-5-9-12(13)14(15)11-7-3-2-4-8-11/h2-10,14H,1H3. The Hall–Kier alpha value is -1.83. The van der Waals surface area contributed by atoms with Crippen LogP contribution in [0.3, 0.4) is 0 Å². The van der Waals surface area contributed by atoms with E-state index in [1.165, 1.54) is 0 Å². The van der Waals surface area contributed by atoms with E-state index in [-0.39, 0.29) is 0 Å². The third-order valence-electron chi connectivity index (χ3n) is 2.50. The number of rotatable bonds is 3. The Balaban J connectivity index is 2.37. The second-order valence-corrected chi connectivity index (χ2v) is 3.52. The molecule has 0 aromatic heterocycles. The number of halogens is 1. The van der Waals surface area contributed by atoms with Gasteiger partial charge in [0.1, 0.15) is 5.75 Å². The van der Waals surface area contributed by atoms with E-state index in [1.54, 1.807) is 31.4 Å². The first kappa shape index (κ1) is 10.7. The minimum atomic E-state index is -1.14. The molecular formula is C14H13FO. The molecule has 2 aromatic carbocycles. The second kappa shape index (κ2) is 4.79. The molecule has 2 rings (SSSR count). The number of hydrogen-bond donors (Lipinski definition) is 0. The van der Waals surface area contributed by atoms with Crippen molar-refractivity contribution < 1.29 is 9.13 Å². The van der Waals surface area contributed by atoms with Crippen LogP contribution in [0.15, 0.2) is 54.6 Å². The molecule has 0 fully saturated rings. The van der Waals surface area contributed by atoms with Crippen molar-refractivity contribution >= 4 is 0 Å². The molecule has 0 aliphatic carbocycles. The molecule has 0 saturated heterocycles. The zero-order valence-electron chi connectivity index (χ0n) is 9.06. The molecule has 1 unspecified atom stereocenters. The van der Waals surface area contributed by atoms with Crippen molar-refractivity contribution in [1.29, 1.82) is 0 Å². The van der Waals surface area contributed by atoms with Gasteiger partial charge in [-0.15, -0.1) is 0 Å². The van der Waals surface area contributed by atoms with Crippen LogP contribution in [0.2, 0.25) is 0 Å². The zero-order chi connectivity index (χ0) is 11.4. The van der Waals surface area contributed by atoms with Gasteiger partial charge in [0.05, 0.1) is 7.11 Å². The van der Waals surface area contributed by atoms with E-state index in [0.29, 0.717) is 16.9 Å². The Morgan fingerprint density at radius 3 is 2.25 bits per heavy atom. The predicted molar refractivity (Wildman–Crippen MR) is 62.4 cm³/mol. The zero-order valence-corrected chi connectivity index (χ0v) is 9.06. The van der Waals surface area contributed by atoms with E-state index in [4.69, 9.17) is 4.74 Å². The van der Waals surface area contributed by atoms with Gasteiger partial charge >= 0.3 is 0 Å². The lowest BCUT2D eigenvalue weighted by molar-refractivity contribution is 0.364. The quantitative estimate of drug-likeness (QED) is 0.759. The first-order valence-corrected chi connectivity index (χ1v) is 5.15. The van der Waals surface area contributed by atoms with Gasteiger partial charge in [-0.25, -0.2) is 4.39 Å². The average molecular weight is 216 g/mol. The summed E-state index contributed by atoms with van der Waals surface area (Å²) in [6, 6.07) is 16.2. The summed E-state index contributed by atoms with van der Waals surface area (Å²) in [5, 5.41) is 0. The molecule has 2 aromatic rings. The largest absolute Gasteiger partial charge is 0.496 e. The SMILES string of the molecule is COc1ccccc1C(F)c1ccccc1. The van der Waals surface area contributed by atoms with Crippen molar-refractivity contribution in [3.63, 3.8) is 0 Å². The monoisotopic (exact) mass is 216 g/mol. The van der Waals surface area contributed by atoms with Gasteiger partial charge in [0.15, 0.2) is 6.17 Å². The lowest BCUT2D eigenvalue weighted by Gasteiger charge is -2.12. The number of benzene rings is 2. The number of para-hydroxylation sites is 1. The van der Waals surface area contributed by atoms with E-state index >= 15 is 0 Å². The van der Waals surface area contributed by atoms with Gasteiger partial charge in [-0.05, 0) is 11.6 Å². The second-order valence-electron chi connectivity index (χ2n) is 3.52. The van der Waals surface area contributed by atoms with Crippen LogP contribution < -0.4 is 4.74 Å². The van der Waals surface area contributed by atoms with Gasteiger partial charge in [0.2, 0.25) is 0 Å². The molecule has 16 heavy (non-hydrogen) atoms. The maximum Gasteiger partial charge on any atom is 0.154 e. The van der Waals surface area contributed by atoms with Crippen molar-refractivity contribution in [3.8, 4) is 5.75 Å². The molecular weight excluding hydrogens is 203 g/mol. The minimum Gasteiger partial charge on any atom is -0.496 e. The molecule has 0 radical (unpaired) electrons. The molecule has 0 aliphatic heterocycles. The van der Waals surface area contributed by atoms with Gasteiger partial charge < -0.3 is 4.74 Å². The van der Waals surface area contributed by atoms with Gasteiger partial charge in [-0.3, -0.25) is 0 Å². The molecule has 0 bridgehead atoms. The van der Waals surface area contributed by atoms with Crippen LogP contribution in [-0.4, -0.2) is 7.11 Å². The Morgan fingerprint density at radius 2 is 1.56 bits per heavy atom. The Kier molecular flexibility index (Phi) is 3.20. The van der Waals surface area contributed by atoms with Gasteiger partial charge in [-0.2, -0.15) is 0 Å². The summed E-state index contributed by atoms with van der Waals surface area (Å²) in [6.45, 7) is 0. The number of hydrogen-bond acceptors (Lipinski definition) is 1. The average Bonchev–Trinajstić information content (AvgIpc) is 2.39. The summed E-state index contributed by atoms with van der Waals surface area (Å²) < 4.78 is 19.4. The summed E-state index contributed by atoms with van der Waals surface area (Å²) in [5.41, 5.74) is 1.21. The van der Waals surface area contributed by atoms with E-state index in [2.05, 4.69) is 0 Å². The fraction of sp³-hybridized carbons (Fsp3) is 0.143. The minimum absolute atomic E-state index is 0.566. The van der Waals surface area contributed by atoms with Crippen molar-refractivity contribution in [2.45, 2.75) is 6.17 Å². The summed E-state index contributed by atoms with van der Waals surface area (Å²) >= 11 is 0. The van der Waals surface area contributed by atoms with Gasteiger partial charge in [0, 0.05) is 5.56 Å². The summed E-state index contributed by atoms with van der Waals surface area (Å²) in [7, 11) is 1.55. The van der Waals surface area contributed by atoms with Gasteiger partial charge in [-0.1, -0.05) is 48.5 Å². The maximum atomic E-state index is 14.2. The number of ether oxygens (including phenoxy) is 1. The topological polar surface area (TPSA) is 9.23 Å². The Bertz CT molecular complexity index is 453. The highest BCUT2D eigenvalue weighted by Crippen LogP contribution is 2.32. The number of alkyl halides is 1. The smallest absolute Gasteiger partial charge is 0.154 e. The van der Waals surface area contributed by atoms with Gasteiger partial charge in [0.25, 0.3) is 0 Å². The molecule has 82 valence electrons. The van der Waals surface area contributed by atoms with Crippen molar-refractivity contribution in [1.82, 2.24) is 0 Å². The fourth-order valence-electron chi connectivity index (χ4n) is 1.68. The lowest BCUT2D eigenvalue weighted by Crippen LogP contribution is -1.97. The molecule has 0 spiro atoms. The van der Waals surface area contributed by atoms with Crippen molar-refractivity contribution in [2.24, 2.45) is 0 Å². The highest BCUT2D eigenvalue weighted by molar-refractivity contribution is 5.40. The van der Waals surface area contributed by atoms with E-state index in [9.17, 15) is 4.39 Å². The molecule has 0 saturated carbocycles. The third-order valence-corrected chi connectivity index (χ3v) is 2.50. The highest BCUT2D eigenvalue weighted by Gasteiger charge is 2.15. The molecule has 0 amide bonds. The summed E-state index contributed by atoms with van der Waals surface area (Å²) in [5.74, 6) is 0.582.